The molecule has 0 fully saturated rings. The van der Waals surface area contributed by atoms with Crippen LogP contribution in [0.25, 0.3) is 11.3 Å². The number of rotatable bonds is 5. The summed E-state index contributed by atoms with van der Waals surface area (Å²) < 4.78 is 26.7. The molecule has 0 unspecified atom stereocenters. The molecule has 0 N–H and O–H groups in total. The Kier molecular flexibility index (Phi) is 5.05. The van der Waals surface area contributed by atoms with Gasteiger partial charge in [-0.3, -0.25) is 4.79 Å². The van der Waals surface area contributed by atoms with Crippen LogP contribution in [0.15, 0.2) is 76.4 Å². The van der Waals surface area contributed by atoms with Gasteiger partial charge in [0.15, 0.2) is 0 Å². The lowest BCUT2D eigenvalue weighted by Crippen LogP contribution is -2.23. The number of thioether (sulfide) groups is 1. The summed E-state index contributed by atoms with van der Waals surface area (Å²) in [5.74, 6) is -2.51. The van der Waals surface area contributed by atoms with Crippen molar-refractivity contribution in [3.8, 4) is 11.3 Å². The largest absolute Gasteiger partial charge is 0.288 e. The quantitative estimate of drug-likeness (QED) is 0.648. The third-order valence-corrected chi connectivity index (χ3v) is 4.28. The van der Waals surface area contributed by atoms with E-state index in [2.05, 4.69) is 5.10 Å². The van der Waals surface area contributed by atoms with Crippen LogP contribution in [0.2, 0.25) is 0 Å². The van der Waals surface area contributed by atoms with Gasteiger partial charge in [0.2, 0.25) is 0 Å². The number of hydrogen-bond donors (Lipinski definition) is 0. The maximum absolute atomic E-state index is 12.7. The van der Waals surface area contributed by atoms with Crippen LogP contribution in [0.3, 0.4) is 0 Å². The van der Waals surface area contributed by atoms with Gasteiger partial charge < -0.3 is 0 Å². The highest BCUT2D eigenvalue weighted by atomic mass is 32.2. The van der Waals surface area contributed by atoms with Crippen molar-refractivity contribution in [1.29, 1.82) is 0 Å². The van der Waals surface area contributed by atoms with E-state index in [0.717, 1.165) is 5.56 Å². The smallest absolute Gasteiger partial charge is 0.268 e. The Balaban J connectivity index is 1.95. The molecule has 3 nitrogen and oxygen atoms in total. The zero-order chi connectivity index (χ0) is 16.9. The average molecular weight is 344 g/mol. The molecule has 0 amide bonds. The summed E-state index contributed by atoms with van der Waals surface area (Å²) in [6.45, 7) is 0.148. The van der Waals surface area contributed by atoms with E-state index in [1.54, 1.807) is 30.3 Å². The van der Waals surface area contributed by atoms with E-state index in [1.165, 1.54) is 10.7 Å². The van der Waals surface area contributed by atoms with Gasteiger partial charge in [-0.15, -0.1) is 0 Å². The third-order valence-electron chi connectivity index (χ3n) is 3.44. The van der Waals surface area contributed by atoms with E-state index in [-0.39, 0.29) is 12.1 Å². The number of aromatic nitrogens is 2. The molecule has 1 heterocycles. The monoisotopic (exact) mass is 344 g/mol. The van der Waals surface area contributed by atoms with Crippen LogP contribution in [-0.4, -0.2) is 15.5 Å². The zero-order valence-corrected chi connectivity index (χ0v) is 13.4. The lowest BCUT2D eigenvalue weighted by Gasteiger charge is -2.11. The van der Waals surface area contributed by atoms with Crippen molar-refractivity contribution in [2.24, 2.45) is 0 Å². The normalized spacial score (nSPS) is 11.0. The number of halogens is 2. The molecular weight excluding hydrogens is 330 g/mol. The Bertz CT molecular complexity index is 881. The number of alkyl halides is 2. The first kappa shape index (κ1) is 16.4. The molecule has 0 saturated heterocycles. The minimum absolute atomic E-state index is 0.148. The van der Waals surface area contributed by atoms with Gasteiger partial charge in [-0.2, -0.15) is 13.9 Å². The highest BCUT2D eigenvalue weighted by Gasteiger charge is 2.11. The molecule has 0 atom stereocenters. The lowest BCUT2D eigenvalue weighted by molar-refractivity contribution is 0.252. The SMILES string of the molecule is O=c1ccc(-c2ccccc2)nn1Cc1ccccc1SC(F)F. The molecule has 0 bridgehead atoms. The average Bonchev–Trinajstić information content (AvgIpc) is 2.59. The van der Waals surface area contributed by atoms with Crippen molar-refractivity contribution >= 4 is 11.8 Å². The molecule has 0 aliphatic carbocycles. The summed E-state index contributed by atoms with van der Waals surface area (Å²) in [5.41, 5.74) is 1.92. The van der Waals surface area contributed by atoms with Gasteiger partial charge in [0.05, 0.1) is 12.2 Å². The van der Waals surface area contributed by atoms with Gasteiger partial charge in [-0.25, -0.2) is 4.68 Å². The molecule has 0 radical (unpaired) electrons. The highest BCUT2D eigenvalue weighted by Crippen LogP contribution is 2.28. The molecule has 0 saturated carbocycles. The van der Waals surface area contributed by atoms with Gasteiger partial charge in [-0.05, 0) is 17.7 Å². The maximum atomic E-state index is 12.7. The Morgan fingerprint density at radius 1 is 0.958 bits per heavy atom. The Labute approximate surface area is 142 Å². The molecule has 3 aromatic rings. The predicted molar refractivity (Wildman–Crippen MR) is 91.3 cm³/mol. The van der Waals surface area contributed by atoms with E-state index in [0.29, 0.717) is 27.9 Å². The van der Waals surface area contributed by atoms with E-state index in [1.807, 2.05) is 30.3 Å². The van der Waals surface area contributed by atoms with Crippen LogP contribution < -0.4 is 5.56 Å². The number of hydrogen-bond acceptors (Lipinski definition) is 3. The second-order valence-electron chi connectivity index (χ2n) is 5.07. The molecule has 2 aromatic carbocycles. The Morgan fingerprint density at radius 2 is 1.67 bits per heavy atom. The van der Waals surface area contributed by atoms with Crippen molar-refractivity contribution in [1.82, 2.24) is 9.78 Å². The van der Waals surface area contributed by atoms with E-state index >= 15 is 0 Å². The van der Waals surface area contributed by atoms with Crippen molar-refractivity contribution in [3.05, 3.63) is 82.6 Å². The first-order chi connectivity index (χ1) is 11.6. The fourth-order valence-corrected chi connectivity index (χ4v) is 2.96. The number of nitrogens with zero attached hydrogens (tertiary/aromatic N) is 2. The molecule has 3 rings (SSSR count). The first-order valence-electron chi connectivity index (χ1n) is 7.30. The third kappa shape index (κ3) is 3.89. The van der Waals surface area contributed by atoms with E-state index in [4.69, 9.17) is 0 Å². The standard InChI is InChI=1S/C18H14F2N2OS/c19-18(20)24-16-9-5-4-8-14(16)12-22-17(23)11-10-15(21-22)13-6-2-1-3-7-13/h1-11,18H,12H2. The van der Waals surface area contributed by atoms with Crippen LogP contribution in [0.5, 0.6) is 0 Å². The second-order valence-corrected chi connectivity index (χ2v) is 6.10. The topological polar surface area (TPSA) is 34.9 Å². The van der Waals surface area contributed by atoms with Crippen molar-refractivity contribution in [3.63, 3.8) is 0 Å². The molecule has 6 heteroatoms. The highest BCUT2D eigenvalue weighted by molar-refractivity contribution is 7.99. The minimum Gasteiger partial charge on any atom is -0.268 e. The molecule has 1 aromatic heterocycles. The fraction of sp³-hybridized carbons (Fsp3) is 0.111. The van der Waals surface area contributed by atoms with Crippen LogP contribution in [0.4, 0.5) is 8.78 Å². The van der Waals surface area contributed by atoms with Gasteiger partial charge in [0.1, 0.15) is 0 Å². The molecule has 0 spiro atoms. The van der Waals surface area contributed by atoms with Gasteiger partial charge in [-0.1, -0.05) is 60.3 Å². The summed E-state index contributed by atoms with van der Waals surface area (Å²) in [6.07, 6.45) is 0. The zero-order valence-electron chi connectivity index (χ0n) is 12.6. The summed E-state index contributed by atoms with van der Waals surface area (Å²) in [5, 5.41) is 4.37. The summed E-state index contributed by atoms with van der Waals surface area (Å²) in [7, 11) is 0. The summed E-state index contributed by atoms with van der Waals surface area (Å²) >= 11 is 0.474. The minimum atomic E-state index is -2.51. The van der Waals surface area contributed by atoms with Gasteiger partial charge in [0.25, 0.3) is 11.3 Å². The summed E-state index contributed by atoms with van der Waals surface area (Å²) in [6, 6.07) is 19.4. The van der Waals surface area contributed by atoms with Crippen molar-refractivity contribution in [2.45, 2.75) is 17.2 Å². The maximum Gasteiger partial charge on any atom is 0.288 e. The number of benzene rings is 2. The van der Waals surface area contributed by atoms with Crippen LogP contribution in [0, 0.1) is 0 Å². The van der Waals surface area contributed by atoms with Gasteiger partial charge in [0, 0.05) is 16.5 Å². The van der Waals surface area contributed by atoms with Crippen molar-refractivity contribution < 1.29 is 8.78 Å². The molecule has 24 heavy (non-hydrogen) atoms. The summed E-state index contributed by atoms with van der Waals surface area (Å²) in [4.78, 5) is 12.5. The van der Waals surface area contributed by atoms with Gasteiger partial charge >= 0.3 is 0 Å². The molecule has 122 valence electrons. The van der Waals surface area contributed by atoms with Crippen molar-refractivity contribution in [2.75, 3.05) is 0 Å². The Morgan fingerprint density at radius 3 is 2.42 bits per heavy atom. The van der Waals surface area contributed by atoms with E-state index in [9.17, 15) is 13.6 Å². The fourth-order valence-electron chi connectivity index (χ4n) is 2.33. The predicted octanol–water partition coefficient (Wildman–Crippen LogP) is 4.27. The molecule has 0 aliphatic rings. The first-order valence-corrected chi connectivity index (χ1v) is 8.18. The molecular formula is C18H14F2N2OS. The lowest BCUT2D eigenvalue weighted by atomic mass is 10.1. The van der Waals surface area contributed by atoms with Crippen LogP contribution in [-0.2, 0) is 6.54 Å². The van der Waals surface area contributed by atoms with E-state index < -0.39 is 5.76 Å². The van der Waals surface area contributed by atoms with Crippen LogP contribution >= 0.6 is 11.8 Å². The Hall–Kier alpha value is -2.47. The van der Waals surface area contributed by atoms with Crippen LogP contribution in [0.1, 0.15) is 5.56 Å². The molecule has 0 aliphatic heterocycles. The second kappa shape index (κ2) is 7.40.